The number of benzene rings is 2. The third-order valence-electron chi connectivity index (χ3n) is 3.35. The van der Waals surface area contributed by atoms with Crippen LogP contribution in [-0.4, -0.2) is 18.1 Å². The van der Waals surface area contributed by atoms with E-state index in [0.29, 0.717) is 0 Å². The Hall–Kier alpha value is -2.29. The second-order valence-corrected chi connectivity index (χ2v) is 5.09. The maximum Gasteiger partial charge on any atom is 0.231 e. The largest absolute Gasteiger partial charge is 0.508 e. The van der Waals surface area contributed by atoms with Crippen LogP contribution in [0.5, 0.6) is 5.75 Å². The molecule has 1 N–H and O–H groups in total. The summed E-state index contributed by atoms with van der Waals surface area (Å²) in [6.07, 6.45) is 0.276. The lowest BCUT2D eigenvalue weighted by molar-refractivity contribution is -0.117. The Morgan fingerprint density at radius 3 is 2.55 bits per heavy atom. The molecular formula is C17H19NO2. The summed E-state index contributed by atoms with van der Waals surface area (Å²) in [5, 5.41) is 9.43. The van der Waals surface area contributed by atoms with E-state index in [0.717, 1.165) is 16.8 Å². The third-order valence-corrected chi connectivity index (χ3v) is 3.35. The van der Waals surface area contributed by atoms with Gasteiger partial charge in [-0.3, -0.25) is 4.79 Å². The average molecular weight is 269 g/mol. The summed E-state index contributed by atoms with van der Waals surface area (Å²) in [4.78, 5) is 14.0. The molecular weight excluding hydrogens is 250 g/mol. The molecule has 1 amide bonds. The van der Waals surface area contributed by atoms with E-state index in [1.807, 2.05) is 32.0 Å². The number of anilines is 1. The number of nitrogens with zero attached hydrogens (tertiary/aromatic N) is 1. The van der Waals surface area contributed by atoms with Crippen molar-refractivity contribution in [3.63, 3.8) is 0 Å². The van der Waals surface area contributed by atoms with Crippen molar-refractivity contribution in [2.75, 3.05) is 11.9 Å². The van der Waals surface area contributed by atoms with E-state index in [2.05, 4.69) is 6.07 Å². The van der Waals surface area contributed by atoms with Crippen molar-refractivity contribution in [1.82, 2.24) is 0 Å². The van der Waals surface area contributed by atoms with Gasteiger partial charge in [-0.1, -0.05) is 29.8 Å². The zero-order valence-corrected chi connectivity index (χ0v) is 12.1. The van der Waals surface area contributed by atoms with Gasteiger partial charge in [0, 0.05) is 12.7 Å². The molecule has 0 heterocycles. The summed E-state index contributed by atoms with van der Waals surface area (Å²) < 4.78 is 0. The van der Waals surface area contributed by atoms with Crippen LogP contribution in [0.2, 0.25) is 0 Å². The molecule has 2 aromatic carbocycles. The molecule has 104 valence electrons. The number of hydrogen-bond acceptors (Lipinski definition) is 2. The minimum Gasteiger partial charge on any atom is -0.508 e. The van der Waals surface area contributed by atoms with Crippen LogP contribution in [-0.2, 0) is 11.2 Å². The average Bonchev–Trinajstić information content (AvgIpc) is 2.38. The van der Waals surface area contributed by atoms with E-state index < -0.39 is 0 Å². The standard InChI is InChI=1S/C17H19NO2/c1-12-7-8-16(13(2)9-12)18(3)17(20)11-14-5-4-6-15(19)10-14/h4-10,19H,11H2,1-3H3. The van der Waals surface area contributed by atoms with Gasteiger partial charge in [0.2, 0.25) is 5.91 Å². The molecule has 0 aliphatic carbocycles. The lowest BCUT2D eigenvalue weighted by Gasteiger charge is -2.20. The first-order valence-electron chi connectivity index (χ1n) is 6.59. The molecule has 0 atom stereocenters. The van der Waals surface area contributed by atoms with E-state index in [4.69, 9.17) is 0 Å². The molecule has 3 nitrogen and oxygen atoms in total. The number of likely N-dealkylation sites (N-methyl/N-ethyl adjacent to an activating group) is 1. The van der Waals surface area contributed by atoms with Gasteiger partial charge >= 0.3 is 0 Å². The van der Waals surface area contributed by atoms with Crippen LogP contribution >= 0.6 is 0 Å². The SMILES string of the molecule is Cc1ccc(N(C)C(=O)Cc2cccc(O)c2)c(C)c1. The number of phenolic OH excluding ortho intramolecular Hbond substituents is 1. The quantitative estimate of drug-likeness (QED) is 0.929. The van der Waals surface area contributed by atoms with Gasteiger partial charge in [-0.15, -0.1) is 0 Å². The maximum atomic E-state index is 12.3. The van der Waals surface area contributed by atoms with Gasteiger partial charge in [-0.2, -0.15) is 0 Å². The number of carbonyl (C=O) groups is 1. The Kier molecular flexibility index (Phi) is 4.08. The van der Waals surface area contributed by atoms with E-state index in [1.165, 1.54) is 5.56 Å². The Bertz CT molecular complexity index is 635. The summed E-state index contributed by atoms with van der Waals surface area (Å²) in [6, 6.07) is 12.8. The predicted octanol–water partition coefficient (Wildman–Crippen LogP) is 3.21. The summed E-state index contributed by atoms with van der Waals surface area (Å²) in [5.41, 5.74) is 3.99. The smallest absolute Gasteiger partial charge is 0.231 e. The first-order chi connectivity index (χ1) is 9.47. The van der Waals surface area contributed by atoms with Gasteiger partial charge in [-0.05, 0) is 43.2 Å². The molecule has 0 aliphatic rings. The van der Waals surface area contributed by atoms with Crippen molar-refractivity contribution in [2.45, 2.75) is 20.3 Å². The molecule has 20 heavy (non-hydrogen) atoms. The highest BCUT2D eigenvalue weighted by atomic mass is 16.3. The van der Waals surface area contributed by atoms with Crippen molar-refractivity contribution in [3.05, 3.63) is 59.2 Å². The summed E-state index contributed by atoms with van der Waals surface area (Å²) in [5.74, 6) is 0.187. The molecule has 0 saturated carbocycles. The van der Waals surface area contributed by atoms with E-state index >= 15 is 0 Å². The normalized spacial score (nSPS) is 10.3. The Morgan fingerprint density at radius 2 is 1.90 bits per heavy atom. The van der Waals surface area contributed by atoms with Gasteiger partial charge in [0.15, 0.2) is 0 Å². The fraction of sp³-hybridized carbons (Fsp3) is 0.235. The van der Waals surface area contributed by atoms with E-state index in [1.54, 1.807) is 30.1 Å². The summed E-state index contributed by atoms with van der Waals surface area (Å²) in [7, 11) is 1.78. The van der Waals surface area contributed by atoms with Crippen LogP contribution in [0, 0.1) is 13.8 Å². The fourth-order valence-corrected chi connectivity index (χ4v) is 2.28. The van der Waals surface area contributed by atoms with Gasteiger partial charge in [0.05, 0.1) is 6.42 Å². The fourth-order valence-electron chi connectivity index (χ4n) is 2.28. The zero-order valence-electron chi connectivity index (χ0n) is 12.1. The van der Waals surface area contributed by atoms with E-state index in [9.17, 15) is 9.90 Å². The van der Waals surface area contributed by atoms with Crippen LogP contribution in [0.1, 0.15) is 16.7 Å². The molecule has 2 rings (SSSR count). The molecule has 0 radical (unpaired) electrons. The molecule has 3 heteroatoms. The first-order valence-corrected chi connectivity index (χ1v) is 6.59. The number of aryl methyl sites for hydroxylation is 2. The van der Waals surface area contributed by atoms with Crippen molar-refractivity contribution >= 4 is 11.6 Å². The first kappa shape index (κ1) is 14.1. The highest BCUT2D eigenvalue weighted by Gasteiger charge is 2.13. The monoisotopic (exact) mass is 269 g/mol. The molecule has 0 bridgehead atoms. The highest BCUT2D eigenvalue weighted by molar-refractivity contribution is 5.95. The third kappa shape index (κ3) is 3.18. The number of phenols is 1. The second kappa shape index (κ2) is 5.78. The van der Waals surface area contributed by atoms with Crippen molar-refractivity contribution in [1.29, 1.82) is 0 Å². The maximum absolute atomic E-state index is 12.3. The Morgan fingerprint density at radius 1 is 1.15 bits per heavy atom. The number of aromatic hydroxyl groups is 1. The minimum absolute atomic E-state index is 0.00236. The van der Waals surface area contributed by atoms with Crippen molar-refractivity contribution in [3.8, 4) is 5.75 Å². The van der Waals surface area contributed by atoms with Crippen LogP contribution in [0.3, 0.4) is 0 Å². The lowest BCUT2D eigenvalue weighted by Crippen LogP contribution is -2.28. The number of amides is 1. The predicted molar refractivity (Wildman–Crippen MR) is 81.1 cm³/mol. The zero-order chi connectivity index (χ0) is 14.7. The molecule has 0 saturated heterocycles. The topological polar surface area (TPSA) is 40.5 Å². The Balaban J connectivity index is 2.16. The van der Waals surface area contributed by atoms with Crippen molar-refractivity contribution < 1.29 is 9.90 Å². The molecule has 0 spiro atoms. The molecule has 0 aliphatic heterocycles. The molecule has 0 aromatic heterocycles. The van der Waals surface area contributed by atoms with Gasteiger partial charge in [-0.25, -0.2) is 0 Å². The summed E-state index contributed by atoms with van der Waals surface area (Å²) >= 11 is 0. The summed E-state index contributed by atoms with van der Waals surface area (Å²) in [6.45, 7) is 4.03. The van der Waals surface area contributed by atoms with E-state index in [-0.39, 0.29) is 18.1 Å². The molecule has 0 unspecified atom stereocenters. The van der Waals surface area contributed by atoms with Gasteiger partial charge in [0.1, 0.15) is 5.75 Å². The van der Waals surface area contributed by atoms with Gasteiger partial charge in [0.25, 0.3) is 0 Å². The second-order valence-electron chi connectivity index (χ2n) is 5.09. The molecule has 0 fully saturated rings. The number of rotatable bonds is 3. The Labute approximate surface area is 119 Å². The number of carbonyl (C=O) groups excluding carboxylic acids is 1. The van der Waals surface area contributed by atoms with Crippen LogP contribution in [0.4, 0.5) is 5.69 Å². The van der Waals surface area contributed by atoms with Gasteiger partial charge < -0.3 is 10.0 Å². The minimum atomic E-state index is 0.00236. The van der Waals surface area contributed by atoms with Crippen LogP contribution in [0.15, 0.2) is 42.5 Å². The molecule has 2 aromatic rings. The highest BCUT2D eigenvalue weighted by Crippen LogP contribution is 2.21. The van der Waals surface area contributed by atoms with Crippen LogP contribution in [0.25, 0.3) is 0 Å². The van der Waals surface area contributed by atoms with Crippen molar-refractivity contribution in [2.24, 2.45) is 0 Å². The van der Waals surface area contributed by atoms with Crippen LogP contribution < -0.4 is 4.90 Å². The lowest BCUT2D eigenvalue weighted by atomic mass is 10.1. The number of hydrogen-bond donors (Lipinski definition) is 1.